The molecule has 0 saturated heterocycles. The van der Waals surface area contributed by atoms with Crippen LogP contribution in [0.3, 0.4) is 0 Å². The number of esters is 1. The van der Waals surface area contributed by atoms with Crippen molar-refractivity contribution in [1.82, 2.24) is 9.88 Å². The molecular formula is C22H30N2O5S. The number of nitrogens with zero attached hydrogens (tertiary/aromatic N) is 2. The number of amides is 1. The van der Waals surface area contributed by atoms with Crippen LogP contribution in [0.5, 0.6) is 5.75 Å². The first kappa shape index (κ1) is 23.8. The molecule has 1 heterocycles. The van der Waals surface area contributed by atoms with Crippen LogP contribution in [0.15, 0.2) is 29.6 Å². The lowest BCUT2D eigenvalue weighted by atomic mass is 10.2. The average Bonchev–Trinajstić information content (AvgIpc) is 3.24. The van der Waals surface area contributed by atoms with Gasteiger partial charge in [0.25, 0.3) is 5.91 Å². The van der Waals surface area contributed by atoms with E-state index in [4.69, 9.17) is 14.2 Å². The molecule has 0 aliphatic rings. The summed E-state index contributed by atoms with van der Waals surface area (Å²) in [6, 6.07) is 7.20. The summed E-state index contributed by atoms with van der Waals surface area (Å²) < 4.78 is 15.8. The molecule has 0 saturated carbocycles. The summed E-state index contributed by atoms with van der Waals surface area (Å²) in [5.41, 5.74) is 0.840. The molecular weight excluding hydrogens is 404 g/mol. The average molecular weight is 435 g/mol. The normalized spacial score (nSPS) is 10.6. The molecule has 0 fully saturated rings. The van der Waals surface area contributed by atoms with Crippen LogP contribution >= 0.6 is 11.3 Å². The number of carbonyl (C=O) groups is 2. The summed E-state index contributed by atoms with van der Waals surface area (Å²) in [6.45, 7) is 6.79. The number of unbranched alkanes of at least 4 members (excludes halogenated alkanes) is 1. The van der Waals surface area contributed by atoms with Crippen LogP contribution in [0.25, 0.3) is 0 Å². The van der Waals surface area contributed by atoms with Crippen LogP contribution < -0.4 is 4.74 Å². The van der Waals surface area contributed by atoms with Crippen LogP contribution in [-0.2, 0) is 16.0 Å². The molecule has 7 nitrogen and oxygen atoms in total. The van der Waals surface area contributed by atoms with Crippen LogP contribution in [0.1, 0.15) is 59.0 Å². The minimum absolute atomic E-state index is 0.0959. The molecule has 30 heavy (non-hydrogen) atoms. The Hall–Kier alpha value is -2.45. The van der Waals surface area contributed by atoms with Crippen LogP contribution in [-0.4, -0.2) is 55.2 Å². The van der Waals surface area contributed by atoms with Gasteiger partial charge in [-0.05, 0) is 44.0 Å². The molecule has 1 aromatic carbocycles. The third kappa shape index (κ3) is 7.42. The predicted molar refractivity (Wildman–Crippen MR) is 116 cm³/mol. The van der Waals surface area contributed by atoms with Gasteiger partial charge < -0.3 is 19.1 Å². The first-order valence-corrected chi connectivity index (χ1v) is 11.1. The number of rotatable bonds is 13. The largest absolute Gasteiger partial charge is 0.494 e. The highest BCUT2D eigenvalue weighted by molar-refractivity contribution is 7.09. The van der Waals surface area contributed by atoms with Gasteiger partial charge >= 0.3 is 5.97 Å². The summed E-state index contributed by atoms with van der Waals surface area (Å²) in [5.74, 6) is 0.178. The molecule has 0 N–H and O–H groups in total. The van der Waals surface area contributed by atoms with Crippen molar-refractivity contribution in [1.29, 1.82) is 0 Å². The lowest BCUT2D eigenvalue weighted by Gasteiger charge is -2.22. The fourth-order valence-electron chi connectivity index (χ4n) is 2.71. The fraction of sp³-hybridized carbons (Fsp3) is 0.500. The number of ether oxygens (including phenoxy) is 3. The van der Waals surface area contributed by atoms with Gasteiger partial charge in [-0.2, -0.15) is 0 Å². The zero-order valence-corrected chi connectivity index (χ0v) is 18.7. The summed E-state index contributed by atoms with van der Waals surface area (Å²) in [5, 5.41) is 2.33. The molecule has 0 bridgehead atoms. The molecule has 1 aromatic heterocycles. The first-order chi connectivity index (χ1) is 14.6. The van der Waals surface area contributed by atoms with Crippen molar-refractivity contribution in [3.05, 3.63) is 45.9 Å². The van der Waals surface area contributed by atoms with Crippen molar-refractivity contribution in [2.45, 2.75) is 39.7 Å². The SMILES string of the molecule is CCCCOc1ccc(C(=O)N(CCCOCC)Cc2nc(C(=O)OC)cs2)cc1. The van der Waals surface area contributed by atoms with Gasteiger partial charge in [0.2, 0.25) is 0 Å². The van der Waals surface area contributed by atoms with E-state index in [1.807, 2.05) is 19.1 Å². The van der Waals surface area contributed by atoms with Crippen molar-refractivity contribution >= 4 is 23.2 Å². The molecule has 0 aliphatic heterocycles. The van der Waals surface area contributed by atoms with Gasteiger partial charge in [0.15, 0.2) is 5.69 Å². The lowest BCUT2D eigenvalue weighted by molar-refractivity contribution is 0.0594. The zero-order valence-electron chi connectivity index (χ0n) is 17.9. The fourth-order valence-corrected chi connectivity index (χ4v) is 3.49. The highest BCUT2D eigenvalue weighted by Gasteiger charge is 2.19. The van der Waals surface area contributed by atoms with Crippen LogP contribution in [0.2, 0.25) is 0 Å². The summed E-state index contributed by atoms with van der Waals surface area (Å²) in [4.78, 5) is 30.8. The molecule has 0 radical (unpaired) electrons. The maximum Gasteiger partial charge on any atom is 0.357 e. The number of carbonyl (C=O) groups excluding carboxylic acids is 2. The van der Waals surface area contributed by atoms with E-state index >= 15 is 0 Å². The Kier molecular flexibility index (Phi) is 10.3. The van der Waals surface area contributed by atoms with Crippen molar-refractivity contribution in [3.8, 4) is 5.75 Å². The van der Waals surface area contributed by atoms with Gasteiger partial charge in [0.05, 0.1) is 20.3 Å². The van der Waals surface area contributed by atoms with Crippen molar-refractivity contribution < 1.29 is 23.8 Å². The standard InChI is InChI=1S/C22H30N2O5S/c1-4-6-14-29-18-10-8-17(9-11-18)21(25)24(12-7-13-28-5-2)15-20-23-19(16-30-20)22(26)27-3/h8-11,16H,4-7,12-15H2,1-3H3. The molecule has 0 aliphatic carbocycles. The van der Waals surface area contributed by atoms with Crippen LogP contribution in [0, 0.1) is 0 Å². The van der Waals surface area contributed by atoms with Crippen LogP contribution in [0.4, 0.5) is 0 Å². The van der Waals surface area contributed by atoms with E-state index in [-0.39, 0.29) is 11.6 Å². The van der Waals surface area contributed by atoms with Gasteiger partial charge in [-0.3, -0.25) is 4.79 Å². The molecule has 0 spiro atoms. The minimum Gasteiger partial charge on any atom is -0.494 e. The second-order valence-corrected chi connectivity index (χ2v) is 7.56. The topological polar surface area (TPSA) is 78.0 Å². The molecule has 2 aromatic rings. The third-order valence-corrected chi connectivity index (χ3v) is 5.18. The summed E-state index contributed by atoms with van der Waals surface area (Å²) >= 11 is 1.33. The quantitative estimate of drug-likeness (QED) is 0.348. The third-order valence-electron chi connectivity index (χ3n) is 4.35. The van der Waals surface area contributed by atoms with E-state index < -0.39 is 5.97 Å². The van der Waals surface area contributed by atoms with E-state index in [9.17, 15) is 9.59 Å². The van der Waals surface area contributed by atoms with Crippen molar-refractivity contribution in [3.63, 3.8) is 0 Å². The van der Waals surface area contributed by atoms with Gasteiger partial charge in [-0.1, -0.05) is 13.3 Å². The Balaban J connectivity index is 2.07. The lowest BCUT2D eigenvalue weighted by Crippen LogP contribution is -2.32. The Morgan fingerprint density at radius 3 is 2.53 bits per heavy atom. The van der Waals surface area contributed by atoms with Crippen molar-refractivity contribution in [2.75, 3.05) is 33.5 Å². The molecule has 8 heteroatoms. The highest BCUT2D eigenvalue weighted by Crippen LogP contribution is 2.18. The van der Waals surface area contributed by atoms with Gasteiger partial charge in [0.1, 0.15) is 10.8 Å². The Labute approximate surface area is 182 Å². The molecule has 2 rings (SSSR count). The Morgan fingerprint density at radius 2 is 1.87 bits per heavy atom. The number of hydrogen-bond donors (Lipinski definition) is 0. The smallest absolute Gasteiger partial charge is 0.357 e. The Morgan fingerprint density at radius 1 is 1.10 bits per heavy atom. The van der Waals surface area contributed by atoms with E-state index in [2.05, 4.69) is 11.9 Å². The van der Waals surface area contributed by atoms with Gasteiger partial charge in [-0.25, -0.2) is 9.78 Å². The predicted octanol–water partition coefficient (Wildman–Crippen LogP) is 4.18. The maximum absolute atomic E-state index is 13.1. The monoisotopic (exact) mass is 434 g/mol. The zero-order chi connectivity index (χ0) is 21.8. The maximum atomic E-state index is 13.1. The number of hydrogen-bond acceptors (Lipinski definition) is 7. The van der Waals surface area contributed by atoms with Gasteiger partial charge in [-0.15, -0.1) is 11.3 Å². The number of thiazole rings is 1. The number of methoxy groups -OCH3 is 1. The highest BCUT2D eigenvalue weighted by atomic mass is 32.1. The van der Waals surface area contributed by atoms with E-state index in [0.29, 0.717) is 49.9 Å². The first-order valence-electron chi connectivity index (χ1n) is 10.2. The van der Waals surface area contributed by atoms with E-state index in [1.54, 1.807) is 22.4 Å². The number of aromatic nitrogens is 1. The second kappa shape index (κ2) is 13.0. The van der Waals surface area contributed by atoms with Gasteiger partial charge in [0, 0.05) is 30.7 Å². The number of benzene rings is 1. The molecule has 164 valence electrons. The van der Waals surface area contributed by atoms with E-state index in [0.717, 1.165) is 18.6 Å². The summed E-state index contributed by atoms with van der Waals surface area (Å²) in [6.07, 6.45) is 2.78. The van der Waals surface area contributed by atoms with Crippen molar-refractivity contribution in [2.24, 2.45) is 0 Å². The minimum atomic E-state index is -0.481. The molecule has 0 atom stereocenters. The Bertz CT molecular complexity index is 791. The summed E-state index contributed by atoms with van der Waals surface area (Å²) in [7, 11) is 1.32. The molecule has 0 unspecified atom stereocenters. The molecule has 1 amide bonds. The van der Waals surface area contributed by atoms with E-state index in [1.165, 1.54) is 18.4 Å². The second-order valence-electron chi connectivity index (χ2n) is 6.62.